The monoisotopic (exact) mass is 917 g/mol. The highest BCUT2D eigenvalue weighted by molar-refractivity contribution is 5.69. The molecule has 0 radical (unpaired) electrons. The zero-order valence-corrected chi connectivity index (χ0v) is 41.7. The average molecular weight is 917 g/mol. The van der Waals surface area contributed by atoms with Gasteiger partial charge >= 0.3 is 5.97 Å². The predicted octanol–water partition coefficient (Wildman–Crippen LogP) is 13.4. The summed E-state index contributed by atoms with van der Waals surface area (Å²) in [5.74, 6) is -0.326. The van der Waals surface area contributed by atoms with Crippen LogP contribution in [0.1, 0.15) is 226 Å². The molecule has 0 aromatic carbocycles. The predicted molar refractivity (Wildman–Crippen MR) is 270 cm³/mol. The van der Waals surface area contributed by atoms with E-state index in [0.717, 1.165) is 70.6 Å². The zero-order chi connectivity index (χ0) is 47.1. The number of aliphatic hydroxyl groups is 4. The molecule has 1 rings (SSSR count). The lowest BCUT2D eigenvalue weighted by Gasteiger charge is -2.39. The minimum atomic E-state index is -1.55. The molecule has 0 aromatic rings. The van der Waals surface area contributed by atoms with Gasteiger partial charge in [0.2, 0.25) is 0 Å². The Balaban J connectivity index is 2.19. The number of hydrogen-bond acceptors (Lipinski definition) is 9. The van der Waals surface area contributed by atoms with Crippen LogP contribution in [0.2, 0.25) is 0 Å². The topological polar surface area (TPSA) is 135 Å². The molecule has 1 fully saturated rings. The van der Waals surface area contributed by atoms with Gasteiger partial charge in [-0.3, -0.25) is 4.79 Å². The molecule has 9 heteroatoms. The number of rotatable bonds is 46. The van der Waals surface area contributed by atoms with Crippen LogP contribution in [0, 0.1) is 0 Å². The van der Waals surface area contributed by atoms with Gasteiger partial charge in [-0.1, -0.05) is 222 Å². The van der Waals surface area contributed by atoms with Crippen molar-refractivity contribution >= 4 is 5.97 Å². The van der Waals surface area contributed by atoms with Crippen LogP contribution in [0.4, 0.5) is 0 Å². The molecular weight excluding hydrogens is 817 g/mol. The fraction of sp³-hybridized carbons (Fsp3) is 0.804. The first-order chi connectivity index (χ1) is 31.9. The molecule has 1 heterocycles. The Kier molecular flexibility index (Phi) is 44.0. The fourth-order valence-corrected chi connectivity index (χ4v) is 8.05. The Morgan fingerprint density at radius 3 is 1.38 bits per heavy atom. The second-order valence-corrected chi connectivity index (χ2v) is 18.3. The molecule has 1 aliphatic rings. The molecule has 0 aromatic heterocycles. The molecule has 0 bridgehead atoms. The van der Waals surface area contributed by atoms with E-state index in [1.165, 1.54) is 135 Å². The molecule has 6 atom stereocenters. The third-order valence-corrected chi connectivity index (χ3v) is 12.2. The summed E-state index contributed by atoms with van der Waals surface area (Å²) in [6.07, 6.45) is 54.1. The molecule has 378 valence electrons. The van der Waals surface area contributed by atoms with Gasteiger partial charge in [0.1, 0.15) is 30.5 Å². The maximum atomic E-state index is 12.9. The Bertz CT molecular complexity index is 1180. The van der Waals surface area contributed by atoms with Crippen LogP contribution < -0.4 is 0 Å². The van der Waals surface area contributed by atoms with E-state index in [9.17, 15) is 25.2 Å². The summed E-state index contributed by atoms with van der Waals surface area (Å²) in [7, 11) is 0. The Hall–Kier alpha value is -2.11. The highest BCUT2D eigenvalue weighted by atomic mass is 16.7. The van der Waals surface area contributed by atoms with Crippen molar-refractivity contribution in [2.75, 3.05) is 26.4 Å². The second-order valence-electron chi connectivity index (χ2n) is 18.3. The van der Waals surface area contributed by atoms with Crippen LogP contribution in [0.3, 0.4) is 0 Å². The summed E-state index contributed by atoms with van der Waals surface area (Å²) >= 11 is 0. The normalized spacial score (nSPS) is 19.9. The number of ether oxygens (including phenoxy) is 4. The van der Waals surface area contributed by atoms with Crippen molar-refractivity contribution in [2.45, 2.75) is 263 Å². The molecule has 0 spiro atoms. The number of esters is 1. The van der Waals surface area contributed by atoms with Crippen molar-refractivity contribution in [3.63, 3.8) is 0 Å². The van der Waals surface area contributed by atoms with Gasteiger partial charge in [-0.25, -0.2) is 0 Å². The van der Waals surface area contributed by atoms with E-state index in [1.54, 1.807) is 0 Å². The van der Waals surface area contributed by atoms with Gasteiger partial charge in [0, 0.05) is 13.0 Å². The summed E-state index contributed by atoms with van der Waals surface area (Å²) in [4.78, 5) is 12.9. The van der Waals surface area contributed by atoms with Crippen molar-refractivity contribution < 1.29 is 44.2 Å². The van der Waals surface area contributed by atoms with E-state index in [-0.39, 0.29) is 19.2 Å². The van der Waals surface area contributed by atoms with Gasteiger partial charge < -0.3 is 39.4 Å². The van der Waals surface area contributed by atoms with E-state index in [4.69, 9.17) is 18.9 Å². The summed E-state index contributed by atoms with van der Waals surface area (Å²) in [6.45, 7) is 4.37. The van der Waals surface area contributed by atoms with E-state index in [2.05, 4.69) is 74.6 Å². The SMILES string of the molecule is CC/C=C\C/C=C\C/C=C\C/C=C\C/C=C\CCCCOCC(COC1OC(CO)C(O)C(O)C1O)OC(=O)CCCCCCCCCCCCCCCCCCCCCCCCCC. The van der Waals surface area contributed by atoms with E-state index in [0.29, 0.717) is 13.0 Å². The first-order valence-electron chi connectivity index (χ1n) is 26.9. The van der Waals surface area contributed by atoms with Gasteiger partial charge in [0.05, 0.1) is 19.8 Å². The second kappa shape index (κ2) is 47.0. The summed E-state index contributed by atoms with van der Waals surface area (Å²) in [5, 5.41) is 40.3. The van der Waals surface area contributed by atoms with Crippen molar-refractivity contribution in [1.29, 1.82) is 0 Å². The lowest BCUT2D eigenvalue weighted by Crippen LogP contribution is -2.59. The number of hydrogen-bond donors (Lipinski definition) is 4. The Labute approximate surface area is 398 Å². The lowest BCUT2D eigenvalue weighted by molar-refractivity contribution is -0.305. The van der Waals surface area contributed by atoms with Gasteiger partial charge in [0.15, 0.2) is 6.29 Å². The molecule has 0 amide bonds. The van der Waals surface area contributed by atoms with E-state index < -0.39 is 43.4 Å². The highest BCUT2D eigenvalue weighted by Gasteiger charge is 2.44. The molecule has 1 aliphatic heterocycles. The average Bonchev–Trinajstić information content (AvgIpc) is 3.31. The van der Waals surface area contributed by atoms with Gasteiger partial charge in [-0.05, 0) is 57.8 Å². The third-order valence-electron chi connectivity index (χ3n) is 12.2. The van der Waals surface area contributed by atoms with Gasteiger partial charge in [-0.2, -0.15) is 0 Å². The fourth-order valence-electron chi connectivity index (χ4n) is 8.05. The van der Waals surface area contributed by atoms with Crippen molar-refractivity contribution in [3.8, 4) is 0 Å². The molecule has 6 unspecified atom stereocenters. The van der Waals surface area contributed by atoms with Crippen LogP contribution >= 0.6 is 0 Å². The van der Waals surface area contributed by atoms with Crippen LogP contribution in [0.25, 0.3) is 0 Å². The lowest BCUT2D eigenvalue weighted by atomic mass is 9.99. The molecule has 0 aliphatic carbocycles. The number of aliphatic hydroxyl groups excluding tert-OH is 4. The molecule has 9 nitrogen and oxygen atoms in total. The number of allylic oxidation sites excluding steroid dienone is 10. The molecule has 1 saturated heterocycles. The number of carbonyl (C=O) groups excluding carboxylic acids is 1. The van der Waals surface area contributed by atoms with Gasteiger partial charge in [0.25, 0.3) is 0 Å². The summed E-state index contributed by atoms with van der Waals surface area (Å²) in [6, 6.07) is 0. The van der Waals surface area contributed by atoms with E-state index in [1.807, 2.05) is 0 Å². The zero-order valence-electron chi connectivity index (χ0n) is 41.7. The summed E-state index contributed by atoms with van der Waals surface area (Å²) < 4.78 is 22.9. The van der Waals surface area contributed by atoms with Crippen molar-refractivity contribution in [2.24, 2.45) is 0 Å². The number of carbonyl (C=O) groups is 1. The third kappa shape index (κ3) is 37.5. The molecular formula is C56H100O9. The largest absolute Gasteiger partial charge is 0.457 e. The van der Waals surface area contributed by atoms with Crippen LogP contribution in [-0.4, -0.2) is 89.6 Å². The smallest absolute Gasteiger partial charge is 0.306 e. The Morgan fingerprint density at radius 1 is 0.508 bits per heavy atom. The molecule has 4 N–H and O–H groups in total. The van der Waals surface area contributed by atoms with Crippen molar-refractivity contribution in [1.82, 2.24) is 0 Å². The molecule has 0 saturated carbocycles. The molecule has 65 heavy (non-hydrogen) atoms. The standard InChI is InChI=1S/C56H100O9/c1-3-5-7-9-11-13-15-17-19-21-23-24-25-26-27-28-29-31-33-35-37-39-41-43-45-52(58)64-50(49-63-56-55(61)54(60)53(59)51(47-57)65-56)48-62-46-44-42-40-38-36-34-32-30-22-20-18-16-14-12-10-8-6-4-2/h6,8,12,14,18,20,30,32,36,38,50-51,53-57,59-61H,3-5,7,9-11,13,15-17,19,21-29,31,33-35,37,39-49H2,1-2H3/b8-6-,14-12-,20-18-,32-30-,38-36-. The number of unbranched alkanes of at least 4 members (excludes halogenated alkanes) is 25. The minimum Gasteiger partial charge on any atom is -0.457 e. The van der Waals surface area contributed by atoms with Crippen LogP contribution in [0.15, 0.2) is 60.8 Å². The highest BCUT2D eigenvalue weighted by Crippen LogP contribution is 2.23. The Morgan fingerprint density at radius 2 is 0.938 bits per heavy atom. The van der Waals surface area contributed by atoms with Crippen molar-refractivity contribution in [3.05, 3.63) is 60.8 Å². The van der Waals surface area contributed by atoms with Crippen LogP contribution in [0.5, 0.6) is 0 Å². The minimum absolute atomic E-state index is 0.115. The van der Waals surface area contributed by atoms with Crippen LogP contribution in [-0.2, 0) is 23.7 Å². The van der Waals surface area contributed by atoms with Gasteiger partial charge in [-0.15, -0.1) is 0 Å². The maximum absolute atomic E-state index is 12.9. The summed E-state index contributed by atoms with van der Waals surface area (Å²) in [5.41, 5.74) is 0. The first kappa shape index (κ1) is 60.9. The first-order valence-corrected chi connectivity index (χ1v) is 26.9. The maximum Gasteiger partial charge on any atom is 0.306 e. The quantitative estimate of drug-likeness (QED) is 0.0267. The van der Waals surface area contributed by atoms with E-state index >= 15 is 0 Å².